The Hall–Kier alpha value is -0.480. The van der Waals surface area contributed by atoms with Crippen LogP contribution in [0.4, 0.5) is 4.79 Å². The molecule has 0 aliphatic rings. The summed E-state index contributed by atoms with van der Waals surface area (Å²) in [7, 11) is 0. The Labute approximate surface area is 53.1 Å². The van der Waals surface area contributed by atoms with Crippen LogP contribution in [0.5, 0.6) is 0 Å². The van der Waals surface area contributed by atoms with Gasteiger partial charge in [-0.1, -0.05) is 18.7 Å². The van der Waals surface area contributed by atoms with Crippen molar-refractivity contribution in [1.29, 1.82) is 0 Å². The van der Waals surface area contributed by atoms with Gasteiger partial charge in [-0.05, 0) is 0 Å². The van der Waals surface area contributed by atoms with Crippen LogP contribution in [0.1, 0.15) is 0 Å². The zero-order chi connectivity index (χ0) is 6.99. The van der Waals surface area contributed by atoms with Crippen molar-refractivity contribution in [2.45, 2.75) is 0 Å². The number of aliphatic hydroxyl groups excluding tert-OH is 1. The van der Waals surface area contributed by atoms with Crippen molar-refractivity contribution < 1.29 is 15.0 Å². The number of carbonyl (C=O) groups is 1. The molecule has 0 aromatic heterocycles. The maximum atomic E-state index is 8.86. The Morgan fingerprint density at radius 1 is 1.88 bits per heavy atom. The van der Waals surface area contributed by atoms with Crippen LogP contribution < -0.4 is 0 Å². The molecule has 2 N–H and O–H groups in total. The van der Waals surface area contributed by atoms with E-state index >= 15 is 0 Å². The highest BCUT2D eigenvalue weighted by molar-refractivity contribution is 7.96. The van der Waals surface area contributed by atoms with Crippen LogP contribution in [0.25, 0.3) is 0 Å². The molecule has 3 nitrogen and oxygen atoms in total. The maximum absolute atomic E-state index is 8.86. The van der Waals surface area contributed by atoms with Crippen molar-refractivity contribution in [3.8, 4) is 0 Å². The second-order valence-corrected chi connectivity index (χ2v) is 1.14. The van der Waals surface area contributed by atoms with Gasteiger partial charge in [-0.15, -0.1) is 6.58 Å². The molecule has 0 aromatic carbocycles. The lowest BCUT2D eigenvalue weighted by Gasteiger charge is -1.60. The second kappa shape index (κ2) is 9.72. The van der Waals surface area contributed by atoms with Crippen LogP contribution in [-0.2, 0) is 0 Å². The standard InChI is InChI=1S/C3H6O.CH2O2S/c1-2-3-4;2-1(3)4/h2,4H,1,3H2;4H,(H,2,3). The summed E-state index contributed by atoms with van der Waals surface area (Å²) in [4.78, 5) is 8.86. The molecule has 0 saturated carbocycles. The Bertz CT molecular complexity index is 67.7. The van der Waals surface area contributed by atoms with E-state index in [4.69, 9.17) is 15.0 Å². The molecule has 0 saturated heterocycles. The van der Waals surface area contributed by atoms with Gasteiger partial charge in [0.2, 0.25) is 0 Å². The van der Waals surface area contributed by atoms with E-state index in [1.807, 2.05) is 0 Å². The number of thiol groups is 1. The second-order valence-electron chi connectivity index (χ2n) is 0.754. The first-order valence-corrected chi connectivity index (χ1v) is 2.23. The topological polar surface area (TPSA) is 57.5 Å². The normalized spacial score (nSPS) is 6.25. The van der Waals surface area contributed by atoms with Gasteiger partial charge in [-0.25, -0.2) is 4.79 Å². The van der Waals surface area contributed by atoms with Gasteiger partial charge >= 0.3 is 5.30 Å². The third-order valence-corrected chi connectivity index (χ3v) is 0.129. The Balaban J connectivity index is 0. The van der Waals surface area contributed by atoms with Gasteiger partial charge < -0.3 is 10.2 Å². The predicted octanol–water partition coefficient (Wildman–Crippen LogP) is 0.759. The Kier molecular flexibility index (Phi) is 12.8. The highest BCUT2D eigenvalue weighted by Crippen LogP contribution is 1.66. The molecule has 0 fully saturated rings. The summed E-state index contributed by atoms with van der Waals surface area (Å²) in [5.41, 5.74) is 0. The molecule has 0 rings (SSSR count). The third-order valence-electron chi connectivity index (χ3n) is 0.129. The molecular weight excluding hydrogens is 128 g/mol. The van der Waals surface area contributed by atoms with Gasteiger partial charge in [0.15, 0.2) is 0 Å². The Morgan fingerprint density at radius 2 is 2.00 bits per heavy atom. The average Bonchev–Trinajstić information content (AvgIpc) is 1.65. The monoisotopic (exact) mass is 136 g/mol. The fraction of sp³-hybridized carbons (Fsp3) is 0.250. The molecule has 8 heavy (non-hydrogen) atoms. The van der Waals surface area contributed by atoms with E-state index in [2.05, 4.69) is 19.2 Å². The summed E-state index contributed by atoms with van der Waals surface area (Å²) in [6.45, 7) is 3.31. The van der Waals surface area contributed by atoms with Crippen molar-refractivity contribution in [2.24, 2.45) is 0 Å². The minimum absolute atomic E-state index is 0.0833. The molecule has 0 atom stereocenters. The molecule has 0 bridgehead atoms. The lowest BCUT2D eigenvalue weighted by molar-refractivity contribution is 0.222. The van der Waals surface area contributed by atoms with Crippen LogP contribution in [0, 0.1) is 0 Å². The SMILES string of the molecule is C=CCO.O=C(O)S. The van der Waals surface area contributed by atoms with Crippen molar-refractivity contribution in [1.82, 2.24) is 0 Å². The van der Waals surface area contributed by atoms with Crippen LogP contribution in [-0.4, -0.2) is 22.1 Å². The molecule has 0 unspecified atom stereocenters. The van der Waals surface area contributed by atoms with Crippen LogP contribution in [0.3, 0.4) is 0 Å². The molecule has 0 spiro atoms. The van der Waals surface area contributed by atoms with Gasteiger partial charge in [0.25, 0.3) is 0 Å². The Morgan fingerprint density at radius 3 is 2.00 bits per heavy atom. The van der Waals surface area contributed by atoms with Crippen molar-refractivity contribution in [2.75, 3.05) is 6.61 Å². The first-order chi connectivity index (χ1) is 3.65. The van der Waals surface area contributed by atoms with E-state index in [0.717, 1.165) is 0 Å². The molecule has 0 aliphatic heterocycles. The van der Waals surface area contributed by atoms with Crippen LogP contribution in [0.15, 0.2) is 12.7 Å². The summed E-state index contributed by atoms with van der Waals surface area (Å²) in [6, 6.07) is 0. The van der Waals surface area contributed by atoms with E-state index in [1.165, 1.54) is 6.08 Å². The number of hydrogen-bond donors (Lipinski definition) is 3. The first-order valence-electron chi connectivity index (χ1n) is 1.78. The highest BCUT2D eigenvalue weighted by Gasteiger charge is 1.67. The largest absolute Gasteiger partial charge is 0.473 e. The van der Waals surface area contributed by atoms with E-state index in [0.29, 0.717) is 0 Å². The minimum Gasteiger partial charge on any atom is -0.473 e. The number of rotatable bonds is 1. The predicted molar refractivity (Wildman–Crippen MR) is 34.3 cm³/mol. The van der Waals surface area contributed by atoms with E-state index in [1.54, 1.807) is 0 Å². The quantitative estimate of drug-likeness (QED) is 0.368. The lowest BCUT2D eigenvalue weighted by atomic mass is 10.7. The van der Waals surface area contributed by atoms with Gasteiger partial charge in [-0.3, -0.25) is 0 Å². The fourth-order valence-corrected chi connectivity index (χ4v) is 0. The van der Waals surface area contributed by atoms with Crippen molar-refractivity contribution in [3.05, 3.63) is 12.7 Å². The van der Waals surface area contributed by atoms with Gasteiger partial charge in [0.1, 0.15) is 0 Å². The highest BCUT2D eigenvalue weighted by atomic mass is 32.1. The van der Waals surface area contributed by atoms with Crippen LogP contribution in [0.2, 0.25) is 0 Å². The maximum Gasteiger partial charge on any atom is 0.361 e. The number of carboxylic acid groups (broad SMARTS) is 1. The smallest absolute Gasteiger partial charge is 0.361 e. The third kappa shape index (κ3) is 417. The van der Waals surface area contributed by atoms with Crippen molar-refractivity contribution >= 4 is 17.9 Å². The summed E-state index contributed by atoms with van der Waals surface area (Å²) in [6.07, 6.45) is 1.43. The molecular formula is C4H8O3S. The van der Waals surface area contributed by atoms with Crippen molar-refractivity contribution in [3.63, 3.8) is 0 Å². The first kappa shape index (κ1) is 10.5. The summed E-state index contributed by atoms with van der Waals surface area (Å²) in [5, 5.41) is 13.9. The summed E-state index contributed by atoms with van der Waals surface area (Å²) < 4.78 is 0. The zero-order valence-electron chi connectivity index (χ0n) is 4.24. The molecule has 0 aliphatic carbocycles. The van der Waals surface area contributed by atoms with Gasteiger partial charge in [0, 0.05) is 0 Å². The summed E-state index contributed by atoms with van der Waals surface area (Å²) >= 11 is 2.88. The van der Waals surface area contributed by atoms with Gasteiger partial charge in [0.05, 0.1) is 6.61 Å². The molecule has 48 valence electrons. The molecule has 0 heterocycles. The fourth-order valence-electron chi connectivity index (χ4n) is 0. The molecule has 0 radical (unpaired) electrons. The van der Waals surface area contributed by atoms with Gasteiger partial charge in [-0.2, -0.15) is 0 Å². The summed E-state index contributed by atoms with van der Waals surface area (Å²) in [5.74, 6) is 0. The minimum atomic E-state index is -1.14. The lowest BCUT2D eigenvalue weighted by Crippen LogP contribution is -1.67. The number of aliphatic hydroxyl groups is 1. The van der Waals surface area contributed by atoms with E-state index < -0.39 is 5.30 Å². The molecule has 0 aromatic rings. The van der Waals surface area contributed by atoms with E-state index in [-0.39, 0.29) is 6.61 Å². The average molecular weight is 136 g/mol. The molecule has 4 heteroatoms. The van der Waals surface area contributed by atoms with E-state index in [9.17, 15) is 0 Å². The molecule has 0 amide bonds. The zero-order valence-corrected chi connectivity index (χ0v) is 5.14. The number of hydrogen-bond acceptors (Lipinski definition) is 2. The van der Waals surface area contributed by atoms with Crippen LogP contribution >= 0.6 is 12.6 Å².